The van der Waals surface area contributed by atoms with E-state index in [0.29, 0.717) is 31.9 Å². The summed E-state index contributed by atoms with van der Waals surface area (Å²) in [6.45, 7) is 3.16. The van der Waals surface area contributed by atoms with E-state index in [1.54, 1.807) is 24.3 Å². The summed E-state index contributed by atoms with van der Waals surface area (Å²) in [6, 6.07) is 6.35. The van der Waals surface area contributed by atoms with E-state index >= 15 is 0 Å². The highest BCUT2D eigenvalue weighted by molar-refractivity contribution is 7.89. The summed E-state index contributed by atoms with van der Waals surface area (Å²) < 4.78 is 31.9. The molecule has 25 heavy (non-hydrogen) atoms. The van der Waals surface area contributed by atoms with E-state index in [2.05, 4.69) is 0 Å². The summed E-state index contributed by atoms with van der Waals surface area (Å²) in [4.78, 5) is 14.8. The summed E-state index contributed by atoms with van der Waals surface area (Å²) in [5.41, 5.74) is 0.557. The highest BCUT2D eigenvalue weighted by atomic mass is 32.2. The molecule has 1 aromatic rings. The number of sulfonamides is 1. The Morgan fingerprint density at radius 2 is 1.40 bits per heavy atom. The minimum atomic E-state index is -3.51. The zero-order chi connectivity index (χ0) is 17.7. The second kappa shape index (κ2) is 8.29. The van der Waals surface area contributed by atoms with Gasteiger partial charge in [-0.25, -0.2) is 8.42 Å². The third kappa shape index (κ3) is 4.40. The third-order valence-corrected chi connectivity index (χ3v) is 6.77. The lowest BCUT2D eigenvalue weighted by Crippen LogP contribution is -2.40. The fourth-order valence-corrected chi connectivity index (χ4v) is 4.75. The monoisotopic (exact) mass is 366 g/mol. The smallest absolute Gasteiger partial charge is 0.253 e. The molecule has 0 radical (unpaired) electrons. The number of benzene rings is 1. The minimum Gasteiger partial charge on any atom is -0.379 e. The van der Waals surface area contributed by atoms with E-state index < -0.39 is 10.0 Å². The van der Waals surface area contributed by atoms with Crippen molar-refractivity contribution < 1.29 is 17.9 Å². The molecule has 0 N–H and O–H groups in total. The molecule has 6 nitrogen and oxygen atoms in total. The number of hydrogen-bond acceptors (Lipinski definition) is 4. The van der Waals surface area contributed by atoms with Gasteiger partial charge in [0.05, 0.1) is 18.1 Å². The van der Waals surface area contributed by atoms with Crippen molar-refractivity contribution in [2.45, 2.75) is 37.0 Å². The maximum absolute atomic E-state index is 12.7. The summed E-state index contributed by atoms with van der Waals surface area (Å²) in [5, 5.41) is 0. The van der Waals surface area contributed by atoms with Crippen molar-refractivity contribution in [2.24, 2.45) is 0 Å². The molecule has 3 rings (SSSR count). The molecule has 2 aliphatic heterocycles. The van der Waals surface area contributed by atoms with E-state index in [-0.39, 0.29) is 10.8 Å². The van der Waals surface area contributed by atoms with E-state index in [4.69, 9.17) is 4.74 Å². The zero-order valence-electron chi connectivity index (χ0n) is 14.5. The maximum atomic E-state index is 12.7. The van der Waals surface area contributed by atoms with E-state index in [1.807, 2.05) is 4.90 Å². The Kier molecular flexibility index (Phi) is 6.09. The van der Waals surface area contributed by atoms with Crippen LogP contribution in [0.15, 0.2) is 29.2 Å². The molecule has 7 heteroatoms. The van der Waals surface area contributed by atoms with Gasteiger partial charge in [-0.15, -0.1) is 0 Å². The second-order valence-corrected chi connectivity index (χ2v) is 8.54. The summed E-state index contributed by atoms with van der Waals surface area (Å²) in [7, 11) is -3.51. The first-order valence-corrected chi connectivity index (χ1v) is 10.5. The molecule has 1 amide bonds. The molecule has 0 aliphatic carbocycles. The SMILES string of the molecule is O=C(c1ccc(S(=O)(=O)N2CCOCC2)cc1)N1CCCCCCC1. The zero-order valence-corrected chi connectivity index (χ0v) is 15.3. The van der Waals surface area contributed by atoms with Crippen molar-refractivity contribution in [3.63, 3.8) is 0 Å². The number of amides is 1. The van der Waals surface area contributed by atoms with Gasteiger partial charge < -0.3 is 9.64 Å². The van der Waals surface area contributed by atoms with Gasteiger partial charge in [-0.2, -0.15) is 4.31 Å². The van der Waals surface area contributed by atoms with Crippen molar-refractivity contribution in [3.8, 4) is 0 Å². The number of likely N-dealkylation sites (tertiary alicyclic amines) is 1. The van der Waals surface area contributed by atoms with E-state index in [9.17, 15) is 13.2 Å². The van der Waals surface area contributed by atoms with Gasteiger partial charge in [0.25, 0.3) is 5.91 Å². The topological polar surface area (TPSA) is 66.9 Å². The normalized spacial score (nSPS) is 20.7. The molecule has 2 heterocycles. The standard InChI is InChI=1S/C18H26N2O4S/c21-18(19-10-4-2-1-3-5-11-19)16-6-8-17(9-7-16)25(22,23)20-12-14-24-15-13-20/h6-9H,1-5,10-15H2. The van der Waals surface area contributed by atoms with Crippen LogP contribution < -0.4 is 0 Å². The van der Waals surface area contributed by atoms with Gasteiger partial charge >= 0.3 is 0 Å². The van der Waals surface area contributed by atoms with Crippen LogP contribution in [0.4, 0.5) is 0 Å². The minimum absolute atomic E-state index is 0.00257. The molecule has 0 unspecified atom stereocenters. The van der Waals surface area contributed by atoms with Gasteiger partial charge in [0.2, 0.25) is 10.0 Å². The average molecular weight is 366 g/mol. The lowest BCUT2D eigenvalue weighted by Gasteiger charge is -2.26. The summed E-state index contributed by atoms with van der Waals surface area (Å²) in [5.74, 6) is -0.00257. The van der Waals surface area contributed by atoms with Gasteiger partial charge in [0.15, 0.2) is 0 Å². The van der Waals surface area contributed by atoms with Crippen LogP contribution in [-0.2, 0) is 14.8 Å². The Morgan fingerprint density at radius 1 is 0.840 bits per heavy atom. The molecule has 2 saturated heterocycles. The number of hydrogen-bond donors (Lipinski definition) is 0. The van der Waals surface area contributed by atoms with Crippen molar-refractivity contribution in [1.29, 1.82) is 0 Å². The Labute approximate surface area is 149 Å². The molecular weight excluding hydrogens is 340 g/mol. The molecule has 0 aromatic heterocycles. The lowest BCUT2D eigenvalue weighted by molar-refractivity contribution is 0.0730. The highest BCUT2D eigenvalue weighted by Gasteiger charge is 2.26. The van der Waals surface area contributed by atoms with Gasteiger partial charge in [-0.05, 0) is 37.1 Å². The first kappa shape index (κ1) is 18.4. The van der Waals surface area contributed by atoms with Gasteiger partial charge in [-0.1, -0.05) is 19.3 Å². The number of carbonyl (C=O) groups is 1. The van der Waals surface area contributed by atoms with Crippen LogP contribution in [0.25, 0.3) is 0 Å². The van der Waals surface area contributed by atoms with Gasteiger partial charge in [-0.3, -0.25) is 4.79 Å². The van der Waals surface area contributed by atoms with Crippen LogP contribution in [-0.4, -0.2) is 62.9 Å². The van der Waals surface area contributed by atoms with Crippen molar-refractivity contribution >= 4 is 15.9 Å². The maximum Gasteiger partial charge on any atom is 0.253 e. The second-order valence-electron chi connectivity index (χ2n) is 6.60. The Morgan fingerprint density at radius 3 is 2.00 bits per heavy atom. The Bertz CT molecular complexity index is 674. The first-order valence-electron chi connectivity index (χ1n) is 9.06. The lowest BCUT2D eigenvalue weighted by atomic mass is 10.1. The fraction of sp³-hybridized carbons (Fsp3) is 0.611. The highest BCUT2D eigenvalue weighted by Crippen LogP contribution is 2.19. The summed E-state index contributed by atoms with van der Waals surface area (Å²) in [6.07, 6.45) is 5.65. The molecule has 138 valence electrons. The third-order valence-electron chi connectivity index (χ3n) is 4.85. The van der Waals surface area contributed by atoms with Crippen molar-refractivity contribution in [2.75, 3.05) is 39.4 Å². The van der Waals surface area contributed by atoms with Crippen molar-refractivity contribution in [3.05, 3.63) is 29.8 Å². The van der Waals surface area contributed by atoms with Gasteiger partial charge in [0.1, 0.15) is 0 Å². The van der Waals surface area contributed by atoms with Crippen LogP contribution in [0.3, 0.4) is 0 Å². The quantitative estimate of drug-likeness (QED) is 0.822. The largest absolute Gasteiger partial charge is 0.379 e. The predicted molar refractivity (Wildman–Crippen MR) is 95.0 cm³/mol. The molecular formula is C18H26N2O4S. The Hall–Kier alpha value is -1.44. The van der Waals surface area contributed by atoms with E-state index in [1.165, 1.54) is 23.6 Å². The van der Waals surface area contributed by atoms with E-state index in [0.717, 1.165) is 25.9 Å². The molecule has 0 spiro atoms. The number of ether oxygens (including phenoxy) is 1. The molecule has 1 aromatic carbocycles. The van der Waals surface area contributed by atoms with Crippen LogP contribution in [0.2, 0.25) is 0 Å². The Balaban J connectivity index is 1.71. The molecule has 0 saturated carbocycles. The summed E-state index contributed by atoms with van der Waals surface area (Å²) >= 11 is 0. The van der Waals surface area contributed by atoms with Crippen LogP contribution in [0.1, 0.15) is 42.5 Å². The van der Waals surface area contributed by atoms with Crippen LogP contribution in [0, 0.1) is 0 Å². The average Bonchev–Trinajstić information content (AvgIpc) is 2.62. The van der Waals surface area contributed by atoms with Crippen LogP contribution >= 0.6 is 0 Å². The molecule has 2 fully saturated rings. The van der Waals surface area contributed by atoms with Crippen LogP contribution in [0.5, 0.6) is 0 Å². The predicted octanol–water partition coefficient (Wildman–Crippen LogP) is 2.11. The van der Waals surface area contributed by atoms with Crippen molar-refractivity contribution in [1.82, 2.24) is 9.21 Å². The molecule has 2 aliphatic rings. The number of morpholine rings is 1. The number of nitrogens with zero attached hydrogens (tertiary/aromatic N) is 2. The first-order chi connectivity index (χ1) is 12.1. The molecule has 0 bridgehead atoms. The number of rotatable bonds is 3. The van der Waals surface area contributed by atoms with Gasteiger partial charge in [0, 0.05) is 31.7 Å². The molecule has 0 atom stereocenters. The fourth-order valence-electron chi connectivity index (χ4n) is 3.34. The number of carbonyl (C=O) groups excluding carboxylic acids is 1.